The van der Waals surface area contributed by atoms with Gasteiger partial charge >= 0.3 is 5.97 Å². The molecule has 0 bridgehead atoms. The molecular weight excluding hydrogens is 208 g/mol. The highest BCUT2D eigenvalue weighted by molar-refractivity contribution is 5.85. The van der Waals surface area contributed by atoms with E-state index in [2.05, 4.69) is 0 Å². The van der Waals surface area contributed by atoms with Gasteiger partial charge in [0.2, 0.25) is 5.91 Å². The number of aliphatic carboxylic acids is 1. The van der Waals surface area contributed by atoms with Crippen molar-refractivity contribution >= 4 is 11.9 Å². The second kappa shape index (κ2) is 6.48. The number of nitrogens with zero attached hydrogens (tertiary/aromatic N) is 1. The summed E-state index contributed by atoms with van der Waals surface area (Å²) in [6.45, 7) is 7.14. The van der Waals surface area contributed by atoms with Gasteiger partial charge in [-0.1, -0.05) is 20.8 Å². The van der Waals surface area contributed by atoms with Crippen LogP contribution in [0.15, 0.2) is 0 Å². The molecule has 3 N–H and O–H groups in total. The molecule has 0 saturated heterocycles. The fourth-order valence-electron chi connectivity index (χ4n) is 1.29. The number of carbonyl (C=O) groups excluding carboxylic acids is 1. The Balaban J connectivity index is 4.75. The fourth-order valence-corrected chi connectivity index (χ4v) is 1.29. The van der Waals surface area contributed by atoms with Crippen molar-refractivity contribution in [3.63, 3.8) is 0 Å². The van der Waals surface area contributed by atoms with Crippen molar-refractivity contribution in [3.05, 3.63) is 0 Å². The van der Waals surface area contributed by atoms with Gasteiger partial charge in [-0.2, -0.15) is 0 Å². The lowest BCUT2D eigenvalue weighted by atomic mass is 10.0. The van der Waals surface area contributed by atoms with Crippen molar-refractivity contribution in [2.45, 2.75) is 46.2 Å². The van der Waals surface area contributed by atoms with Gasteiger partial charge in [0.1, 0.15) is 6.54 Å². The molecule has 94 valence electrons. The molecule has 0 aliphatic heterocycles. The van der Waals surface area contributed by atoms with Crippen LogP contribution in [0.1, 0.15) is 34.1 Å². The van der Waals surface area contributed by atoms with E-state index >= 15 is 0 Å². The van der Waals surface area contributed by atoms with Crippen LogP contribution in [0.5, 0.6) is 0 Å². The molecule has 0 aromatic rings. The normalized spacial score (nSPS) is 14.6. The van der Waals surface area contributed by atoms with Crippen molar-refractivity contribution in [1.29, 1.82) is 0 Å². The molecule has 0 aromatic heterocycles. The Morgan fingerprint density at radius 1 is 1.31 bits per heavy atom. The molecule has 2 atom stereocenters. The monoisotopic (exact) mass is 230 g/mol. The molecule has 0 spiro atoms. The largest absolute Gasteiger partial charge is 0.480 e. The van der Waals surface area contributed by atoms with E-state index < -0.39 is 12.0 Å². The average Bonchev–Trinajstić information content (AvgIpc) is 2.22. The fraction of sp³-hybridized carbons (Fsp3) is 0.818. The first-order chi connectivity index (χ1) is 7.31. The van der Waals surface area contributed by atoms with Crippen LogP contribution in [0.2, 0.25) is 0 Å². The summed E-state index contributed by atoms with van der Waals surface area (Å²) in [5.41, 5.74) is 5.74. The highest BCUT2D eigenvalue weighted by Crippen LogP contribution is 2.09. The molecule has 2 unspecified atom stereocenters. The molecule has 0 aliphatic carbocycles. The molecule has 0 radical (unpaired) electrons. The Bertz CT molecular complexity index is 254. The maximum absolute atomic E-state index is 12.0. The van der Waals surface area contributed by atoms with Crippen LogP contribution in [-0.2, 0) is 9.59 Å². The van der Waals surface area contributed by atoms with Gasteiger partial charge in [0.25, 0.3) is 0 Å². The van der Waals surface area contributed by atoms with E-state index in [4.69, 9.17) is 10.8 Å². The summed E-state index contributed by atoms with van der Waals surface area (Å²) in [5.74, 6) is -1.29. The zero-order valence-corrected chi connectivity index (χ0v) is 10.4. The van der Waals surface area contributed by atoms with Crippen molar-refractivity contribution in [2.24, 2.45) is 11.7 Å². The molecule has 0 heterocycles. The quantitative estimate of drug-likeness (QED) is 0.703. The summed E-state index contributed by atoms with van der Waals surface area (Å²) in [4.78, 5) is 24.0. The first-order valence-electron chi connectivity index (χ1n) is 5.59. The van der Waals surface area contributed by atoms with E-state index in [1.807, 2.05) is 27.7 Å². The summed E-state index contributed by atoms with van der Waals surface area (Å²) in [7, 11) is 0. The second-order valence-corrected chi connectivity index (χ2v) is 4.39. The van der Waals surface area contributed by atoms with Gasteiger partial charge in [-0.15, -0.1) is 0 Å². The number of carbonyl (C=O) groups is 2. The number of carboxylic acids is 1. The minimum atomic E-state index is -1.01. The van der Waals surface area contributed by atoms with Crippen molar-refractivity contribution < 1.29 is 14.7 Å². The molecule has 0 aliphatic rings. The van der Waals surface area contributed by atoms with Crippen LogP contribution in [0.4, 0.5) is 0 Å². The lowest BCUT2D eigenvalue weighted by molar-refractivity contribution is -0.147. The topological polar surface area (TPSA) is 83.6 Å². The van der Waals surface area contributed by atoms with E-state index in [1.165, 1.54) is 4.90 Å². The third-order valence-corrected chi connectivity index (χ3v) is 2.71. The van der Waals surface area contributed by atoms with Gasteiger partial charge in [0, 0.05) is 6.04 Å². The van der Waals surface area contributed by atoms with Gasteiger partial charge < -0.3 is 15.7 Å². The Hall–Kier alpha value is -1.10. The highest BCUT2D eigenvalue weighted by Gasteiger charge is 2.27. The number of hydrogen-bond donors (Lipinski definition) is 2. The number of carboxylic acid groups (broad SMARTS) is 1. The summed E-state index contributed by atoms with van der Waals surface area (Å²) < 4.78 is 0. The maximum Gasteiger partial charge on any atom is 0.323 e. The highest BCUT2D eigenvalue weighted by atomic mass is 16.4. The Morgan fingerprint density at radius 2 is 1.81 bits per heavy atom. The van der Waals surface area contributed by atoms with Crippen LogP contribution in [-0.4, -0.2) is 40.5 Å². The van der Waals surface area contributed by atoms with E-state index in [-0.39, 0.29) is 24.4 Å². The molecule has 16 heavy (non-hydrogen) atoms. The summed E-state index contributed by atoms with van der Waals surface area (Å²) >= 11 is 0. The van der Waals surface area contributed by atoms with Crippen molar-refractivity contribution in [3.8, 4) is 0 Å². The molecule has 0 saturated carbocycles. The van der Waals surface area contributed by atoms with Crippen LogP contribution >= 0.6 is 0 Å². The third-order valence-electron chi connectivity index (χ3n) is 2.71. The molecule has 5 nitrogen and oxygen atoms in total. The average molecular weight is 230 g/mol. The molecule has 0 rings (SSSR count). The van der Waals surface area contributed by atoms with Gasteiger partial charge in [-0.3, -0.25) is 9.59 Å². The lowest BCUT2D eigenvalue weighted by Crippen LogP contribution is -2.51. The zero-order valence-electron chi connectivity index (χ0n) is 10.4. The van der Waals surface area contributed by atoms with Gasteiger partial charge in [-0.25, -0.2) is 0 Å². The summed E-state index contributed by atoms with van der Waals surface area (Å²) in [6, 6.07) is -0.734. The molecular formula is C11H22N2O3. The maximum atomic E-state index is 12.0. The minimum absolute atomic E-state index is 0.00727. The summed E-state index contributed by atoms with van der Waals surface area (Å²) in [6.07, 6.45) is 0.712. The third kappa shape index (κ3) is 4.18. The lowest BCUT2D eigenvalue weighted by Gasteiger charge is -2.30. The predicted molar refractivity (Wildman–Crippen MR) is 61.9 cm³/mol. The van der Waals surface area contributed by atoms with Crippen molar-refractivity contribution in [1.82, 2.24) is 4.90 Å². The standard InChI is InChI=1S/C11H22N2O3/c1-5-8(4)13(6-9(14)15)11(16)10(12)7(2)3/h7-8,10H,5-6,12H2,1-4H3,(H,14,15). The Kier molecular flexibility index (Phi) is 6.03. The van der Waals surface area contributed by atoms with Crippen LogP contribution in [0.3, 0.4) is 0 Å². The van der Waals surface area contributed by atoms with Crippen LogP contribution in [0, 0.1) is 5.92 Å². The number of amides is 1. The zero-order chi connectivity index (χ0) is 12.9. The number of rotatable bonds is 6. The minimum Gasteiger partial charge on any atom is -0.480 e. The van der Waals surface area contributed by atoms with Crippen molar-refractivity contribution in [2.75, 3.05) is 6.54 Å². The van der Waals surface area contributed by atoms with E-state index in [0.717, 1.165) is 0 Å². The number of hydrogen-bond acceptors (Lipinski definition) is 3. The molecule has 5 heteroatoms. The predicted octanol–water partition coefficient (Wildman–Crippen LogP) is 0.681. The molecule has 1 amide bonds. The first kappa shape index (κ1) is 14.9. The summed E-state index contributed by atoms with van der Waals surface area (Å²) in [5, 5.41) is 8.76. The van der Waals surface area contributed by atoms with E-state index in [9.17, 15) is 9.59 Å². The van der Waals surface area contributed by atoms with Gasteiger partial charge in [0.15, 0.2) is 0 Å². The van der Waals surface area contributed by atoms with E-state index in [1.54, 1.807) is 0 Å². The van der Waals surface area contributed by atoms with Gasteiger partial charge in [-0.05, 0) is 19.3 Å². The van der Waals surface area contributed by atoms with E-state index in [0.29, 0.717) is 6.42 Å². The van der Waals surface area contributed by atoms with Crippen LogP contribution < -0.4 is 5.73 Å². The Labute approximate surface area is 96.6 Å². The van der Waals surface area contributed by atoms with Gasteiger partial charge in [0.05, 0.1) is 6.04 Å². The van der Waals surface area contributed by atoms with Crippen LogP contribution in [0.25, 0.3) is 0 Å². The molecule has 0 aromatic carbocycles. The second-order valence-electron chi connectivity index (χ2n) is 4.39. The molecule has 0 fully saturated rings. The SMILES string of the molecule is CCC(C)N(CC(=O)O)C(=O)C(N)C(C)C. The Morgan fingerprint density at radius 3 is 2.12 bits per heavy atom. The smallest absolute Gasteiger partial charge is 0.323 e. The number of nitrogens with two attached hydrogens (primary N) is 1. The first-order valence-corrected chi connectivity index (χ1v) is 5.59.